The minimum absolute atomic E-state index is 0.309. The molecule has 3 N–H and O–H groups in total. The minimum atomic E-state index is -0.658. The van der Waals surface area contributed by atoms with Gasteiger partial charge in [0.05, 0.1) is 18.9 Å². The van der Waals surface area contributed by atoms with Crippen molar-refractivity contribution in [2.24, 2.45) is 0 Å². The smallest absolute Gasteiger partial charge is 0.165 e. The van der Waals surface area contributed by atoms with Crippen LogP contribution in [0.2, 0.25) is 0 Å². The summed E-state index contributed by atoms with van der Waals surface area (Å²) in [4.78, 5) is 5.88. The number of hydrogen-bond donors (Lipinski definition) is 3. The zero-order valence-corrected chi connectivity index (χ0v) is 17.0. The Balaban J connectivity index is 1.52. The second-order valence-electron chi connectivity index (χ2n) is 8.21. The first-order valence-corrected chi connectivity index (χ1v) is 10.5. The molecule has 3 heterocycles. The molecular weight excluding hydrogens is 385 g/mol. The molecule has 1 aromatic carbocycles. The molecule has 1 saturated carbocycles. The number of aromatic amines is 1. The highest BCUT2D eigenvalue weighted by atomic mass is 19.1. The van der Waals surface area contributed by atoms with Gasteiger partial charge in [0, 0.05) is 42.3 Å². The van der Waals surface area contributed by atoms with Crippen molar-refractivity contribution >= 4 is 11.0 Å². The van der Waals surface area contributed by atoms with Gasteiger partial charge >= 0.3 is 0 Å². The molecule has 2 aromatic heterocycles. The van der Waals surface area contributed by atoms with E-state index >= 15 is 0 Å². The molecule has 158 valence electrons. The van der Waals surface area contributed by atoms with Gasteiger partial charge in [0.2, 0.25) is 0 Å². The molecule has 1 aliphatic heterocycles. The molecule has 1 aliphatic carbocycles. The van der Waals surface area contributed by atoms with Gasteiger partial charge in [0.15, 0.2) is 17.2 Å². The minimum Gasteiger partial charge on any atom is -0.504 e. The molecule has 1 saturated heterocycles. The highest BCUT2D eigenvalue weighted by Gasteiger charge is 2.31. The number of likely N-dealkylation sites (N-methyl/N-ethyl adjacent to an activating group) is 1. The lowest BCUT2D eigenvalue weighted by atomic mass is 10.0. The van der Waals surface area contributed by atoms with E-state index in [2.05, 4.69) is 25.4 Å². The second-order valence-corrected chi connectivity index (χ2v) is 8.21. The number of nitrogens with zero attached hydrogens (tertiary/aromatic N) is 3. The largest absolute Gasteiger partial charge is 0.504 e. The van der Waals surface area contributed by atoms with E-state index in [1.165, 1.54) is 17.3 Å². The molecular formula is C22H26FN5O2. The number of hydrogen-bond acceptors (Lipinski definition) is 6. The Labute approximate surface area is 174 Å². The van der Waals surface area contributed by atoms with E-state index in [9.17, 15) is 9.50 Å². The predicted octanol–water partition coefficient (Wildman–Crippen LogP) is 2.77. The van der Waals surface area contributed by atoms with Crippen LogP contribution < -0.4 is 5.32 Å². The van der Waals surface area contributed by atoms with E-state index in [1.54, 1.807) is 12.1 Å². The van der Waals surface area contributed by atoms with Crippen molar-refractivity contribution in [2.45, 2.75) is 31.3 Å². The lowest BCUT2D eigenvalue weighted by Crippen LogP contribution is -2.39. The summed E-state index contributed by atoms with van der Waals surface area (Å²) in [5.74, 6) is -0.540. The average molecular weight is 411 g/mol. The normalized spacial score (nSPS) is 20.5. The monoisotopic (exact) mass is 411 g/mol. The van der Waals surface area contributed by atoms with Gasteiger partial charge in [0.1, 0.15) is 0 Å². The van der Waals surface area contributed by atoms with Crippen LogP contribution >= 0.6 is 0 Å². The molecule has 0 radical (unpaired) electrons. The number of benzene rings is 1. The van der Waals surface area contributed by atoms with Crippen LogP contribution in [0.3, 0.4) is 0 Å². The van der Waals surface area contributed by atoms with Crippen molar-refractivity contribution in [2.75, 3.05) is 33.4 Å². The predicted molar refractivity (Wildman–Crippen MR) is 112 cm³/mol. The number of aromatic hydroxyl groups is 1. The summed E-state index contributed by atoms with van der Waals surface area (Å²) in [6, 6.07) is 6.70. The third-order valence-electron chi connectivity index (χ3n) is 6.07. The number of fused-ring (bicyclic) bond motifs is 1. The second kappa shape index (κ2) is 7.94. The molecule has 7 nitrogen and oxygen atoms in total. The summed E-state index contributed by atoms with van der Waals surface area (Å²) in [7, 11) is 1.97. The van der Waals surface area contributed by atoms with Crippen molar-refractivity contribution < 1.29 is 14.2 Å². The third-order valence-corrected chi connectivity index (χ3v) is 6.07. The summed E-state index contributed by atoms with van der Waals surface area (Å²) in [6.07, 6.45) is 2.32. The van der Waals surface area contributed by atoms with Crippen LogP contribution in [-0.4, -0.2) is 64.6 Å². The van der Waals surface area contributed by atoms with Crippen LogP contribution in [0.4, 0.5) is 4.39 Å². The molecule has 0 spiro atoms. The Morgan fingerprint density at radius 3 is 3.00 bits per heavy atom. The topological polar surface area (TPSA) is 86.3 Å². The van der Waals surface area contributed by atoms with Gasteiger partial charge in [0.25, 0.3) is 0 Å². The Kier molecular flexibility index (Phi) is 5.14. The van der Waals surface area contributed by atoms with Crippen molar-refractivity contribution in [3.63, 3.8) is 0 Å². The molecule has 2 aliphatic rings. The number of para-hydroxylation sites is 1. The van der Waals surface area contributed by atoms with Gasteiger partial charge in [-0.1, -0.05) is 6.07 Å². The Morgan fingerprint density at radius 2 is 2.20 bits per heavy atom. The molecule has 0 bridgehead atoms. The van der Waals surface area contributed by atoms with Gasteiger partial charge in [-0.15, -0.1) is 10.2 Å². The average Bonchev–Trinajstić information content (AvgIpc) is 3.55. The first kappa shape index (κ1) is 19.4. The fourth-order valence-corrected chi connectivity index (χ4v) is 4.30. The maximum absolute atomic E-state index is 13.8. The van der Waals surface area contributed by atoms with E-state index in [4.69, 9.17) is 4.74 Å². The molecule has 30 heavy (non-hydrogen) atoms. The molecule has 0 amide bonds. The zero-order chi connectivity index (χ0) is 20.7. The molecule has 1 atom stereocenters. The number of aromatic nitrogens is 3. The third kappa shape index (κ3) is 3.66. The first-order valence-electron chi connectivity index (χ1n) is 10.5. The highest BCUT2D eigenvalue weighted by molar-refractivity contribution is 5.86. The van der Waals surface area contributed by atoms with Crippen molar-refractivity contribution in [3.8, 4) is 17.0 Å². The van der Waals surface area contributed by atoms with Crippen molar-refractivity contribution in [1.82, 2.24) is 25.4 Å². The van der Waals surface area contributed by atoms with E-state index in [0.29, 0.717) is 23.2 Å². The van der Waals surface area contributed by atoms with Gasteiger partial charge in [-0.25, -0.2) is 4.39 Å². The lowest BCUT2D eigenvalue weighted by Gasteiger charge is -2.23. The quantitative estimate of drug-likeness (QED) is 0.599. The fraction of sp³-hybridized carbons (Fsp3) is 0.455. The first-order chi connectivity index (χ1) is 14.6. The number of rotatable bonds is 5. The molecule has 8 heteroatoms. The SMILES string of the molecule is CNC1COCCN(Cc2[nH]c3nnc(-c4cccc(F)c4O)cc3c2C2CC2)C1. The van der Waals surface area contributed by atoms with Crippen LogP contribution in [0.1, 0.15) is 30.0 Å². The van der Waals surface area contributed by atoms with Crippen LogP contribution in [-0.2, 0) is 11.3 Å². The van der Waals surface area contributed by atoms with E-state index in [-0.39, 0.29) is 0 Å². The van der Waals surface area contributed by atoms with Gasteiger partial charge < -0.3 is 20.1 Å². The van der Waals surface area contributed by atoms with Crippen LogP contribution in [0.25, 0.3) is 22.3 Å². The van der Waals surface area contributed by atoms with Crippen LogP contribution in [0.5, 0.6) is 5.75 Å². The Bertz CT molecular complexity index is 1070. The van der Waals surface area contributed by atoms with Crippen LogP contribution in [0.15, 0.2) is 24.3 Å². The number of H-pyrrole nitrogens is 1. The van der Waals surface area contributed by atoms with Crippen molar-refractivity contribution in [1.29, 1.82) is 0 Å². The Morgan fingerprint density at radius 1 is 1.33 bits per heavy atom. The number of phenols is 1. The summed E-state index contributed by atoms with van der Waals surface area (Å²) in [6.45, 7) is 4.04. The van der Waals surface area contributed by atoms with E-state index in [0.717, 1.165) is 56.7 Å². The summed E-state index contributed by atoms with van der Waals surface area (Å²) in [5.41, 5.74) is 4.02. The number of phenolic OH excluding ortho intramolecular Hbond substituents is 1. The summed E-state index contributed by atoms with van der Waals surface area (Å²) < 4.78 is 19.5. The standard InChI is InChI=1S/C22H26FN5O2/c1-24-14-10-28(7-8-30-12-14)11-19-20(13-5-6-13)16-9-18(26-27-22(16)25-19)15-3-2-4-17(23)21(15)29/h2-4,9,13-14,24,29H,5-8,10-12H2,1H3,(H,25,27). The molecule has 3 aromatic rings. The Hall–Kier alpha value is -2.55. The maximum atomic E-state index is 13.8. The van der Waals surface area contributed by atoms with E-state index in [1.807, 2.05) is 13.1 Å². The maximum Gasteiger partial charge on any atom is 0.165 e. The van der Waals surface area contributed by atoms with Crippen molar-refractivity contribution in [3.05, 3.63) is 41.3 Å². The zero-order valence-electron chi connectivity index (χ0n) is 17.0. The van der Waals surface area contributed by atoms with Gasteiger partial charge in [-0.05, 0) is 49.6 Å². The molecule has 2 fully saturated rings. The number of nitrogens with one attached hydrogen (secondary N) is 2. The van der Waals surface area contributed by atoms with E-state index < -0.39 is 11.6 Å². The number of halogens is 1. The van der Waals surface area contributed by atoms with Gasteiger partial charge in [-0.3, -0.25) is 4.90 Å². The molecule has 1 unspecified atom stereocenters. The highest BCUT2D eigenvalue weighted by Crippen LogP contribution is 2.45. The lowest BCUT2D eigenvalue weighted by molar-refractivity contribution is 0.130. The molecule has 5 rings (SSSR count). The summed E-state index contributed by atoms with van der Waals surface area (Å²) >= 11 is 0. The number of ether oxygens (including phenoxy) is 1. The van der Waals surface area contributed by atoms with Crippen LogP contribution in [0, 0.1) is 5.82 Å². The van der Waals surface area contributed by atoms with Gasteiger partial charge in [-0.2, -0.15) is 0 Å². The fourth-order valence-electron chi connectivity index (χ4n) is 4.30. The summed E-state index contributed by atoms with van der Waals surface area (Å²) in [5, 5.41) is 23.1.